The van der Waals surface area contributed by atoms with Gasteiger partial charge in [-0.3, -0.25) is 0 Å². The Bertz CT molecular complexity index is 854. The van der Waals surface area contributed by atoms with Crippen LogP contribution >= 0.6 is 0 Å². The number of hydrogen-bond donors (Lipinski definition) is 1. The molecule has 0 saturated carbocycles. The van der Waals surface area contributed by atoms with Gasteiger partial charge in [-0.2, -0.15) is 0 Å². The molecule has 2 aromatic carbocycles. The van der Waals surface area contributed by atoms with Gasteiger partial charge < -0.3 is 28.5 Å². The molecule has 6 nitrogen and oxygen atoms in total. The average molecular weight is 489 g/mol. The molecule has 0 bridgehead atoms. The molecule has 1 heterocycles. The zero-order valence-electron chi connectivity index (χ0n) is 21.3. The molecule has 34 heavy (non-hydrogen) atoms. The Morgan fingerprint density at radius 2 is 1.32 bits per heavy atom. The predicted molar refractivity (Wildman–Crippen MR) is 135 cm³/mol. The Hall–Kier alpha value is -1.58. The van der Waals surface area contributed by atoms with E-state index in [1.165, 1.54) is 0 Å². The molecule has 2 aromatic rings. The van der Waals surface area contributed by atoms with Crippen molar-refractivity contribution >= 4 is 8.32 Å². The third-order valence-corrected chi connectivity index (χ3v) is 11.3. The highest BCUT2D eigenvalue weighted by Crippen LogP contribution is 2.40. The van der Waals surface area contributed by atoms with E-state index in [-0.39, 0.29) is 11.6 Å². The van der Waals surface area contributed by atoms with Gasteiger partial charge in [-0.05, 0) is 29.3 Å². The summed E-state index contributed by atoms with van der Waals surface area (Å²) in [5.41, 5.74) is 2.10. The highest BCUT2D eigenvalue weighted by Gasteiger charge is 2.51. The van der Waals surface area contributed by atoms with Crippen molar-refractivity contribution < 1.29 is 28.5 Å². The first-order valence-electron chi connectivity index (χ1n) is 11.9. The molecule has 0 unspecified atom stereocenters. The van der Waals surface area contributed by atoms with Gasteiger partial charge >= 0.3 is 0 Å². The third kappa shape index (κ3) is 6.76. The zero-order chi connectivity index (χ0) is 24.8. The number of aliphatic hydroxyl groups is 1. The van der Waals surface area contributed by atoms with Crippen molar-refractivity contribution in [2.45, 2.75) is 82.8 Å². The average Bonchev–Trinajstić information content (AvgIpc) is 2.82. The molecule has 3 rings (SSSR count). The van der Waals surface area contributed by atoms with E-state index >= 15 is 0 Å². The molecule has 1 N–H and O–H groups in total. The molecule has 5 atom stereocenters. The quantitative estimate of drug-likeness (QED) is 0.479. The van der Waals surface area contributed by atoms with E-state index in [1.54, 1.807) is 7.11 Å². The fourth-order valence-electron chi connectivity index (χ4n) is 3.77. The van der Waals surface area contributed by atoms with Crippen molar-refractivity contribution in [1.29, 1.82) is 0 Å². The lowest BCUT2D eigenvalue weighted by molar-refractivity contribution is -0.311. The second kappa shape index (κ2) is 11.9. The van der Waals surface area contributed by atoms with Gasteiger partial charge in [0.25, 0.3) is 0 Å². The molecule has 0 aliphatic carbocycles. The van der Waals surface area contributed by atoms with Gasteiger partial charge in [0.05, 0.1) is 19.8 Å². The first kappa shape index (κ1) is 27.0. The van der Waals surface area contributed by atoms with E-state index in [0.29, 0.717) is 13.2 Å². The first-order chi connectivity index (χ1) is 16.2. The molecule has 1 aliphatic heterocycles. The van der Waals surface area contributed by atoms with Crippen LogP contribution in [-0.2, 0) is 36.6 Å². The van der Waals surface area contributed by atoms with E-state index < -0.39 is 39.0 Å². The lowest BCUT2D eigenvalue weighted by Gasteiger charge is -2.49. The summed E-state index contributed by atoms with van der Waals surface area (Å²) in [7, 11) is -0.632. The van der Waals surface area contributed by atoms with Crippen molar-refractivity contribution in [3.8, 4) is 0 Å². The van der Waals surface area contributed by atoms with E-state index in [0.717, 1.165) is 11.1 Å². The van der Waals surface area contributed by atoms with Gasteiger partial charge in [0.2, 0.25) is 0 Å². The van der Waals surface area contributed by atoms with Crippen molar-refractivity contribution in [3.63, 3.8) is 0 Å². The highest BCUT2D eigenvalue weighted by molar-refractivity contribution is 6.74. The monoisotopic (exact) mass is 488 g/mol. The molecular weight excluding hydrogens is 448 g/mol. The van der Waals surface area contributed by atoms with Crippen molar-refractivity contribution in [2.24, 2.45) is 0 Å². The maximum absolute atomic E-state index is 10.2. The van der Waals surface area contributed by atoms with E-state index in [9.17, 15) is 5.11 Å². The number of methoxy groups -OCH3 is 1. The Labute approximate surface area is 205 Å². The maximum atomic E-state index is 10.2. The number of aliphatic hydroxyl groups excluding tert-OH is 1. The minimum atomic E-state index is -2.22. The van der Waals surface area contributed by atoms with Crippen LogP contribution in [0.4, 0.5) is 0 Å². The van der Waals surface area contributed by atoms with Crippen molar-refractivity contribution in [1.82, 2.24) is 0 Å². The Balaban J connectivity index is 1.91. The molecule has 188 valence electrons. The second-order valence-electron chi connectivity index (χ2n) is 10.3. The molecule has 0 aromatic heterocycles. The smallest absolute Gasteiger partial charge is 0.192 e. The number of hydrogen-bond acceptors (Lipinski definition) is 6. The van der Waals surface area contributed by atoms with Crippen LogP contribution in [0.1, 0.15) is 31.9 Å². The van der Waals surface area contributed by atoms with E-state index in [2.05, 4.69) is 33.9 Å². The summed E-state index contributed by atoms with van der Waals surface area (Å²) in [5, 5.41) is 10.2. The van der Waals surface area contributed by atoms with Gasteiger partial charge in [-0.15, -0.1) is 0 Å². The van der Waals surface area contributed by atoms with Crippen LogP contribution in [0.3, 0.4) is 0 Å². The van der Waals surface area contributed by atoms with Gasteiger partial charge in [0.15, 0.2) is 14.6 Å². The lowest BCUT2D eigenvalue weighted by Crippen LogP contribution is -2.64. The molecule has 7 heteroatoms. The molecule has 0 spiro atoms. The van der Waals surface area contributed by atoms with Crippen LogP contribution in [0.15, 0.2) is 60.7 Å². The largest absolute Gasteiger partial charge is 0.408 e. The summed E-state index contributed by atoms with van der Waals surface area (Å²) in [4.78, 5) is 0. The summed E-state index contributed by atoms with van der Waals surface area (Å²) in [6.07, 6.45) is -2.81. The predicted octanol–water partition coefficient (Wildman–Crippen LogP) is 4.91. The summed E-state index contributed by atoms with van der Waals surface area (Å²) in [6, 6.07) is 20.0. The summed E-state index contributed by atoms with van der Waals surface area (Å²) in [5.74, 6) is 0. The number of rotatable bonds is 10. The maximum Gasteiger partial charge on any atom is 0.192 e. The standard InChI is InChI=1S/C27H40O6Si/c1-27(2,3)34(5,6)33-23-22(17-28)32-26(29-4)25(31-19-21-15-11-8-12-16-21)24(23)30-18-20-13-9-7-10-14-20/h7-16,22-26,28H,17-19H2,1-6H3/t22-,23-,24+,25-,26+/m1/s1. The highest BCUT2D eigenvalue weighted by atomic mass is 28.4. The topological polar surface area (TPSA) is 66.4 Å². The van der Waals surface area contributed by atoms with Crippen LogP contribution in [0, 0.1) is 0 Å². The summed E-state index contributed by atoms with van der Waals surface area (Å²) >= 11 is 0. The number of ether oxygens (including phenoxy) is 4. The Morgan fingerprint density at radius 3 is 1.76 bits per heavy atom. The Kier molecular flexibility index (Phi) is 9.46. The van der Waals surface area contributed by atoms with E-state index in [1.807, 2.05) is 60.7 Å². The molecule has 0 amide bonds. The van der Waals surface area contributed by atoms with Gasteiger partial charge in [0, 0.05) is 7.11 Å². The third-order valence-electron chi connectivity index (χ3n) is 6.81. The molecule has 1 fully saturated rings. The summed E-state index contributed by atoms with van der Waals surface area (Å²) in [6.45, 7) is 11.5. The van der Waals surface area contributed by atoms with Gasteiger partial charge in [0.1, 0.15) is 24.4 Å². The van der Waals surface area contributed by atoms with Crippen LogP contribution in [0.5, 0.6) is 0 Å². The molecule has 0 radical (unpaired) electrons. The first-order valence-corrected chi connectivity index (χ1v) is 14.8. The Morgan fingerprint density at radius 1 is 0.824 bits per heavy atom. The SMILES string of the molecule is CO[C@H]1O[C@H](CO)[C@@H](O[Si](C)(C)C(C)(C)C)[C@H](OCc2ccccc2)[C@H]1OCc1ccccc1. The second-order valence-corrected chi connectivity index (χ2v) is 15.1. The zero-order valence-corrected chi connectivity index (χ0v) is 22.3. The van der Waals surface area contributed by atoms with Crippen LogP contribution < -0.4 is 0 Å². The summed E-state index contributed by atoms with van der Waals surface area (Å²) < 4.78 is 31.5. The van der Waals surface area contributed by atoms with Crippen LogP contribution in [-0.4, -0.2) is 57.8 Å². The fraction of sp³-hybridized carbons (Fsp3) is 0.556. The van der Waals surface area contributed by atoms with Crippen molar-refractivity contribution in [2.75, 3.05) is 13.7 Å². The van der Waals surface area contributed by atoms with E-state index in [4.69, 9.17) is 23.4 Å². The van der Waals surface area contributed by atoms with Gasteiger partial charge in [-0.25, -0.2) is 0 Å². The van der Waals surface area contributed by atoms with Gasteiger partial charge in [-0.1, -0.05) is 81.4 Å². The minimum absolute atomic E-state index is 0.0184. The number of benzene rings is 2. The normalized spacial score (nSPS) is 25.9. The molecule has 1 saturated heterocycles. The van der Waals surface area contributed by atoms with Crippen LogP contribution in [0.2, 0.25) is 18.1 Å². The molecular formula is C27H40O6Si. The minimum Gasteiger partial charge on any atom is -0.408 e. The fourth-order valence-corrected chi connectivity index (χ4v) is 5.09. The van der Waals surface area contributed by atoms with Crippen LogP contribution in [0.25, 0.3) is 0 Å². The molecule has 1 aliphatic rings. The van der Waals surface area contributed by atoms with Crippen molar-refractivity contribution in [3.05, 3.63) is 71.8 Å². The lowest BCUT2D eigenvalue weighted by atomic mass is 9.98.